The van der Waals surface area contributed by atoms with Gasteiger partial charge in [0.2, 0.25) is 0 Å². The van der Waals surface area contributed by atoms with Gasteiger partial charge in [0.15, 0.2) is 0 Å². The highest BCUT2D eigenvalue weighted by atomic mass is 16.2. The van der Waals surface area contributed by atoms with E-state index in [1.165, 1.54) is 10.8 Å². The smallest absolute Gasteiger partial charge is 0.288 e. The maximum Gasteiger partial charge on any atom is 0.329 e. The van der Waals surface area contributed by atoms with E-state index in [9.17, 15) is 9.59 Å². The number of hydrogen-bond acceptors (Lipinski definition) is 2. The van der Waals surface area contributed by atoms with Crippen molar-refractivity contribution in [1.82, 2.24) is 9.55 Å². The summed E-state index contributed by atoms with van der Waals surface area (Å²) in [6.45, 7) is 1.65. The van der Waals surface area contributed by atoms with Crippen LogP contribution in [0.25, 0.3) is 0 Å². The fourth-order valence-corrected chi connectivity index (χ4v) is 2.69. The van der Waals surface area contributed by atoms with Crippen LogP contribution < -0.4 is 11.2 Å². The Morgan fingerprint density at radius 3 is 1.96 bits per heavy atom. The van der Waals surface area contributed by atoms with Gasteiger partial charge in [-0.1, -0.05) is 66.6 Å². The molecule has 0 radical (unpaired) electrons. The maximum absolute atomic E-state index is 12.4. The lowest BCUT2D eigenvalue weighted by atomic mass is 9.98. The van der Waals surface area contributed by atoms with Gasteiger partial charge in [0.05, 0.1) is 6.04 Å². The summed E-state index contributed by atoms with van der Waals surface area (Å²) in [5.74, 6) is 5.45. The third kappa shape index (κ3) is 3.06. The Morgan fingerprint density at radius 1 is 0.917 bits per heavy atom. The first-order chi connectivity index (χ1) is 11.7. The summed E-state index contributed by atoms with van der Waals surface area (Å²) in [7, 11) is 0. The predicted octanol–water partition coefficient (Wildman–Crippen LogP) is 2.55. The minimum Gasteiger partial charge on any atom is -0.288 e. The van der Waals surface area contributed by atoms with Gasteiger partial charge in [0.1, 0.15) is 5.56 Å². The number of rotatable bonds is 3. The van der Waals surface area contributed by atoms with Crippen LogP contribution in [-0.4, -0.2) is 9.55 Å². The molecule has 3 aromatic rings. The molecule has 0 spiro atoms. The highest BCUT2D eigenvalue weighted by Gasteiger charge is 2.18. The SMILES string of the molecule is CC#Cc1cn(C(c2ccccc2)c2ccccc2)c(=O)[nH]c1=O. The second-order valence-corrected chi connectivity index (χ2v) is 5.31. The minimum atomic E-state index is -0.467. The number of nitrogens with one attached hydrogen (secondary N) is 1. The molecule has 24 heavy (non-hydrogen) atoms. The molecule has 0 fully saturated rings. The van der Waals surface area contributed by atoms with Crippen LogP contribution in [0.5, 0.6) is 0 Å². The molecular formula is C20H16N2O2. The van der Waals surface area contributed by atoms with E-state index in [0.29, 0.717) is 0 Å². The van der Waals surface area contributed by atoms with Crippen LogP contribution in [0.2, 0.25) is 0 Å². The molecule has 4 heteroatoms. The first kappa shape index (κ1) is 15.6. The first-order valence-electron chi connectivity index (χ1n) is 7.59. The maximum atomic E-state index is 12.4. The van der Waals surface area contributed by atoms with E-state index in [2.05, 4.69) is 16.8 Å². The van der Waals surface area contributed by atoms with Crippen molar-refractivity contribution in [2.75, 3.05) is 0 Å². The lowest BCUT2D eigenvalue weighted by Gasteiger charge is -2.20. The summed E-state index contributed by atoms with van der Waals surface area (Å²) in [4.78, 5) is 26.7. The Balaban J connectivity index is 2.27. The number of benzene rings is 2. The highest BCUT2D eigenvalue weighted by molar-refractivity contribution is 5.35. The van der Waals surface area contributed by atoms with E-state index < -0.39 is 11.2 Å². The van der Waals surface area contributed by atoms with Crippen LogP contribution in [0.15, 0.2) is 76.4 Å². The molecule has 0 saturated carbocycles. The van der Waals surface area contributed by atoms with E-state index in [-0.39, 0.29) is 11.6 Å². The molecule has 0 aliphatic carbocycles. The summed E-state index contributed by atoms with van der Waals surface area (Å²) >= 11 is 0. The molecule has 1 N–H and O–H groups in total. The molecule has 0 bridgehead atoms. The number of nitrogens with zero attached hydrogens (tertiary/aromatic N) is 1. The van der Waals surface area contributed by atoms with Crippen molar-refractivity contribution < 1.29 is 0 Å². The second kappa shape index (κ2) is 6.84. The fraction of sp³-hybridized carbons (Fsp3) is 0.100. The Bertz CT molecular complexity index is 967. The van der Waals surface area contributed by atoms with Crippen LogP contribution in [0, 0.1) is 11.8 Å². The Morgan fingerprint density at radius 2 is 1.46 bits per heavy atom. The minimum absolute atomic E-state index is 0.272. The van der Waals surface area contributed by atoms with Gasteiger partial charge in [-0.05, 0) is 18.1 Å². The molecule has 2 aromatic carbocycles. The van der Waals surface area contributed by atoms with Crippen molar-refractivity contribution in [2.45, 2.75) is 13.0 Å². The zero-order valence-electron chi connectivity index (χ0n) is 13.2. The molecule has 0 atom stereocenters. The van der Waals surface area contributed by atoms with Crippen molar-refractivity contribution in [3.63, 3.8) is 0 Å². The molecule has 118 valence electrons. The predicted molar refractivity (Wildman–Crippen MR) is 94.0 cm³/mol. The average Bonchev–Trinajstić information content (AvgIpc) is 2.61. The normalized spacial score (nSPS) is 10.2. The number of hydrogen-bond donors (Lipinski definition) is 1. The van der Waals surface area contributed by atoms with Gasteiger partial charge in [-0.15, -0.1) is 5.92 Å². The van der Waals surface area contributed by atoms with Gasteiger partial charge >= 0.3 is 5.69 Å². The number of H-pyrrole nitrogens is 1. The van der Waals surface area contributed by atoms with Crippen molar-refractivity contribution in [3.05, 3.63) is 104 Å². The molecule has 0 amide bonds. The topological polar surface area (TPSA) is 54.9 Å². The molecule has 0 unspecified atom stereocenters. The average molecular weight is 316 g/mol. The number of aromatic amines is 1. The van der Waals surface area contributed by atoms with Crippen molar-refractivity contribution in [1.29, 1.82) is 0 Å². The summed E-state index contributed by atoms with van der Waals surface area (Å²) in [5, 5.41) is 0. The van der Waals surface area contributed by atoms with E-state index in [1.54, 1.807) is 6.92 Å². The van der Waals surface area contributed by atoms with E-state index in [1.807, 2.05) is 60.7 Å². The van der Waals surface area contributed by atoms with Gasteiger partial charge in [0.25, 0.3) is 5.56 Å². The molecule has 1 heterocycles. The summed E-state index contributed by atoms with van der Waals surface area (Å²) < 4.78 is 1.52. The van der Waals surface area contributed by atoms with E-state index >= 15 is 0 Å². The fourth-order valence-electron chi connectivity index (χ4n) is 2.69. The molecule has 0 aliphatic rings. The third-order valence-electron chi connectivity index (χ3n) is 3.74. The lowest BCUT2D eigenvalue weighted by Crippen LogP contribution is -2.34. The molecule has 0 aliphatic heterocycles. The van der Waals surface area contributed by atoms with Gasteiger partial charge < -0.3 is 0 Å². The quantitative estimate of drug-likeness (QED) is 0.755. The first-order valence-corrected chi connectivity index (χ1v) is 7.59. The van der Waals surface area contributed by atoms with Crippen LogP contribution >= 0.6 is 0 Å². The second-order valence-electron chi connectivity index (χ2n) is 5.31. The van der Waals surface area contributed by atoms with E-state index in [4.69, 9.17) is 0 Å². The van der Waals surface area contributed by atoms with Crippen molar-refractivity contribution in [2.24, 2.45) is 0 Å². The standard InChI is InChI=1S/C20H16N2O2/c1-2-9-17-14-22(20(24)21-19(17)23)18(15-10-5-3-6-11-15)16-12-7-4-8-13-16/h3-8,10-14,18H,1H3,(H,21,23,24). The zero-order valence-corrected chi connectivity index (χ0v) is 13.2. The van der Waals surface area contributed by atoms with Crippen LogP contribution in [-0.2, 0) is 0 Å². The Kier molecular flexibility index (Phi) is 4.44. The van der Waals surface area contributed by atoms with E-state index in [0.717, 1.165) is 11.1 Å². The zero-order chi connectivity index (χ0) is 16.9. The molecule has 1 aromatic heterocycles. The molecule has 4 nitrogen and oxygen atoms in total. The van der Waals surface area contributed by atoms with Crippen molar-refractivity contribution in [3.8, 4) is 11.8 Å². The Hall–Kier alpha value is -3.32. The van der Waals surface area contributed by atoms with Gasteiger partial charge in [-0.3, -0.25) is 14.3 Å². The third-order valence-corrected chi connectivity index (χ3v) is 3.74. The van der Waals surface area contributed by atoms with Gasteiger partial charge in [0, 0.05) is 6.20 Å². The van der Waals surface area contributed by atoms with Crippen LogP contribution in [0.4, 0.5) is 0 Å². The summed E-state index contributed by atoms with van der Waals surface area (Å²) in [6.07, 6.45) is 1.53. The van der Waals surface area contributed by atoms with Crippen LogP contribution in [0.1, 0.15) is 29.7 Å². The summed E-state index contributed by atoms with van der Waals surface area (Å²) in [6, 6.07) is 19.0. The largest absolute Gasteiger partial charge is 0.329 e. The molecular weight excluding hydrogens is 300 g/mol. The summed E-state index contributed by atoms with van der Waals surface area (Å²) in [5.41, 5.74) is 1.25. The molecule has 0 saturated heterocycles. The van der Waals surface area contributed by atoms with Crippen LogP contribution in [0.3, 0.4) is 0 Å². The molecule has 3 rings (SSSR count). The lowest BCUT2D eigenvalue weighted by molar-refractivity contribution is 0.625. The monoisotopic (exact) mass is 316 g/mol. The van der Waals surface area contributed by atoms with Gasteiger partial charge in [-0.25, -0.2) is 4.79 Å². The Labute approximate surface area is 139 Å². The highest BCUT2D eigenvalue weighted by Crippen LogP contribution is 2.24. The van der Waals surface area contributed by atoms with Crippen molar-refractivity contribution >= 4 is 0 Å². The number of aromatic nitrogens is 2. The van der Waals surface area contributed by atoms with Gasteiger partial charge in [-0.2, -0.15) is 0 Å².